The van der Waals surface area contributed by atoms with Crippen molar-refractivity contribution in [2.45, 2.75) is 117 Å². The number of β-amino-alcohol motifs (C(OH)–C–C–N with tert-alkyl or cyclic N) is 1. The summed E-state index contributed by atoms with van der Waals surface area (Å²) in [6.45, 7) is 14.2. The highest BCUT2D eigenvalue weighted by molar-refractivity contribution is 7.59. The summed E-state index contributed by atoms with van der Waals surface area (Å²) >= 11 is 1.56. The van der Waals surface area contributed by atoms with E-state index in [-0.39, 0.29) is 88.9 Å². The molecule has 0 unspecified atom stereocenters. The third kappa shape index (κ3) is 14.1. The van der Waals surface area contributed by atoms with Crippen LogP contribution in [0, 0.1) is 12.3 Å². The number of nitrogens with one attached hydrogen (secondary N) is 5. The van der Waals surface area contributed by atoms with Gasteiger partial charge in [0.05, 0.1) is 58.7 Å². The monoisotopic (exact) mass is 1060 g/mol. The number of benzene rings is 3. The van der Waals surface area contributed by atoms with Crippen LogP contribution in [-0.2, 0) is 31.2 Å². The Morgan fingerprint density at radius 1 is 0.907 bits per heavy atom. The molecular formula is C55H72N10O8S2. The molecule has 1 saturated heterocycles. The molecule has 0 saturated carbocycles. The topological polar surface area (TPSA) is 231 Å². The van der Waals surface area contributed by atoms with Crippen LogP contribution < -0.4 is 21.3 Å². The lowest BCUT2D eigenvalue weighted by atomic mass is 9.85. The number of thiazole rings is 1. The number of amides is 6. The molecule has 2 aliphatic heterocycles. The van der Waals surface area contributed by atoms with E-state index < -0.39 is 46.9 Å². The van der Waals surface area contributed by atoms with Crippen molar-refractivity contribution >= 4 is 66.1 Å². The number of likely N-dealkylation sites (N-methyl/N-ethyl adjacent to an activating group) is 1. The summed E-state index contributed by atoms with van der Waals surface area (Å²) < 4.78 is 5.71. The van der Waals surface area contributed by atoms with E-state index in [0.29, 0.717) is 35.5 Å². The normalized spacial score (nSPS) is 17.1. The lowest BCUT2D eigenvalue weighted by Crippen LogP contribution is -2.58. The Labute approximate surface area is 450 Å². The van der Waals surface area contributed by atoms with Gasteiger partial charge < -0.3 is 45.8 Å². The highest BCUT2D eigenvalue weighted by Crippen LogP contribution is 2.41. The number of aliphatic hydroxyl groups is 1. The van der Waals surface area contributed by atoms with Crippen molar-refractivity contribution in [1.29, 1.82) is 0 Å². The number of aromatic nitrogens is 3. The van der Waals surface area contributed by atoms with Gasteiger partial charge in [0.1, 0.15) is 12.1 Å². The van der Waals surface area contributed by atoms with Gasteiger partial charge in [0.25, 0.3) is 5.91 Å². The zero-order valence-electron chi connectivity index (χ0n) is 44.3. The molecule has 75 heavy (non-hydrogen) atoms. The van der Waals surface area contributed by atoms with Crippen molar-refractivity contribution < 1.29 is 38.6 Å². The molecule has 18 nitrogen and oxygen atoms in total. The third-order valence-corrected chi connectivity index (χ3v) is 14.7. The van der Waals surface area contributed by atoms with Crippen molar-refractivity contribution in [3.63, 3.8) is 0 Å². The maximum absolute atomic E-state index is 14.1. The van der Waals surface area contributed by atoms with Gasteiger partial charge in [-0.25, -0.2) is 9.78 Å². The van der Waals surface area contributed by atoms with Gasteiger partial charge in [0.15, 0.2) is 11.6 Å². The Hall–Kier alpha value is -6.45. The number of urea groups is 1. The van der Waals surface area contributed by atoms with E-state index in [1.165, 1.54) is 4.90 Å². The molecule has 5 aromatic rings. The molecule has 402 valence electrons. The number of aryl methyl sites for hydroxylation is 1. The van der Waals surface area contributed by atoms with Crippen molar-refractivity contribution in [3.8, 4) is 10.4 Å². The van der Waals surface area contributed by atoms with E-state index in [1.54, 1.807) is 40.5 Å². The molecule has 0 aliphatic carbocycles. The van der Waals surface area contributed by atoms with Gasteiger partial charge in [-0.05, 0) is 82.4 Å². The Morgan fingerprint density at radius 2 is 1.59 bits per heavy atom. The molecule has 0 radical (unpaired) electrons. The SMILES string of the molecule is Cc1ncsc1-c1ccc([C@H](C)NC(=O)[C@@H]2C[C@@H](O)CN2C(=O)[C@@H](NC(=O)CCOCCCC(=O)c2ccc(C(=O)Nc3n[nH]c4c3CN(C(=O)N[C@H](CN(C)C)c3ccccc3)C4(C)C)cc2)C(C)(C)C)cc1.S. The first-order chi connectivity index (χ1) is 35.1. The molecule has 1 fully saturated rings. The number of aliphatic hydroxyl groups excluding tert-OH is 1. The smallest absolute Gasteiger partial charge is 0.319 e. The van der Waals surface area contributed by atoms with E-state index in [9.17, 15) is 33.9 Å². The van der Waals surface area contributed by atoms with E-state index in [0.717, 1.165) is 33.0 Å². The fourth-order valence-electron chi connectivity index (χ4n) is 9.44. The minimum atomic E-state index is -0.984. The van der Waals surface area contributed by atoms with E-state index >= 15 is 0 Å². The standard InChI is InChI=1S/C55H70N10O8S.H2S/c1-33(35-17-21-38(22-18-35)46-34(2)56-32-74-46)57-51(70)43-28-40(66)29-64(43)52(71)48(54(3,4)5)59-45(68)25-27-73-26-13-16-44(67)37-19-23-39(24-20-37)50(69)60-49-41-30-65(55(6,7)47(41)61-62-49)53(72)58-42(31-63(8)9)36-14-11-10-12-15-36;/h10-12,14-15,17-24,32-33,40,42-43,48,66H,13,16,25-31H2,1-9H3,(H,57,70)(H,58,72)(H,59,68)(H2,60,61,62,69);1H2/t33-,40+,42+,43-,48+;/m0./s1. The second-order valence-corrected chi connectivity index (χ2v) is 21.9. The zero-order valence-corrected chi connectivity index (χ0v) is 46.1. The Bertz CT molecular complexity index is 2790. The maximum Gasteiger partial charge on any atom is 0.319 e. The number of fused-ring (bicyclic) bond motifs is 1. The molecule has 3 aromatic carbocycles. The molecule has 0 spiro atoms. The molecule has 6 amide bonds. The lowest BCUT2D eigenvalue weighted by Gasteiger charge is -2.35. The van der Waals surface area contributed by atoms with Crippen molar-refractivity contribution in [3.05, 3.63) is 124 Å². The first-order valence-electron chi connectivity index (χ1n) is 25.1. The van der Waals surface area contributed by atoms with Crippen LogP contribution in [0.25, 0.3) is 10.4 Å². The predicted octanol–water partition coefficient (Wildman–Crippen LogP) is 7.01. The summed E-state index contributed by atoms with van der Waals surface area (Å²) in [5, 5.41) is 30.0. The first kappa shape index (κ1) is 57.8. The van der Waals surface area contributed by atoms with Gasteiger partial charge in [-0.3, -0.25) is 29.1 Å². The minimum absolute atomic E-state index is 0. The minimum Gasteiger partial charge on any atom is -0.391 e. The number of rotatable bonds is 20. The number of Topliss-reactive ketones (excluding diaryl/α,β-unsaturated/α-hetero) is 1. The number of ether oxygens (including phenoxy) is 1. The average molecular weight is 1070 g/mol. The largest absolute Gasteiger partial charge is 0.391 e. The van der Waals surface area contributed by atoms with Crippen molar-refractivity contribution in [2.75, 3.05) is 45.7 Å². The van der Waals surface area contributed by atoms with Crippen LogP contribution in [0.3, 0.4) is 0 Å². The van der Waals surface area contributed by atoms with Gasteiger partial charge in [-0.1, -0.05) is 87.5 Å². The fourth-order valence-corrected chi connectivity index (χ4v) is 10.3. The molecule has 2 aliphatic rings. The molecule has 6 N–H and O–H groups in total. The van der Waals surface area contributed by atoms with Gasteiger partial charge >= 0.3 is 6.03 Å². The Morgan fingerprint density at radius 3 is 2.23 bits per heavy atom. The fraction of sp³-hybridized carbons (Fsp3) is 0.455. The summed E-state index contributed by atoms with van der Waals surface area (Å²) in [4.78, 5) is 91.8. The maximum atomic E-state index is 14.1. The summed E-state index contributed by atoms with van der Waals surface area (Å²) in [6.07, 6.45) is -0.305. The summed E-state index contributed by atoms with van der Waals surface area (Å²) in [5.41, 5.74) is 6.40. The van der Waals surface area contributed by atoms with Crippen LogP contribution in [0.5, 0.6) is 0 Å². The van der Waals surface area contributed by atoms with Crippen LogP contribution in [-0.4, -0.2) is 129 Å². The second-order valence-electron chi connectivity index (χ2n) is 21.0. The number of hydrogen-bond donors (Lipinski definition) is 6. The number of aromatic amines is 1. The molecule has 2 aromatic heterocycles. The summed E-state index contributed by atoms with van der Waals surface area (Å²) in [5.74, 6) is -1.49. The van der Waals surface area contributed by atoms with E-state index in [2.05, 4.69) is 36.4 Å². The highest BCUT2D eigenvalue weighted by atomic mass is 32.1. The van der Waals surface area contributed by atoms with Crippen LogP contribution in [0.15, 0.2) is 84.4 Å². The number of carbonyl (C=O) groups is 6. The molecular weight excluding hydrogens is 993 g/mol. The number of likely N-dealkylation sites (tertiary alicyclic amines) is 1. The second kappa shape index (κ2) is 24.9. The third-order valence-electron chi connectivity index (χ3n) is 13.7. The number of H-pyrrole nitrogens is 1. The number of nitrogens with zero attached hydrogens (tertiary/aromatic N) is 5. The van der Waals surface area contributed by atoms with Crippen LogP contribution in [0.1, 0.15) is 128 Å². The summed E-state index contributed by atoms with van der Waals surface area (Å²) in [7, 11) is 3.92. The van der Waals surface area contributed by atoms with Crippen molar-refractivity contribution in [1.82, 2.24) is 45.8 Å². The van der Waals surface area contributed by atoms with Gasteiger partial charge in [-0.2, -0.15) is 18.6 Å². The van der Waals surface area contributed by atoms with Crippen LogP contribution in [0.4, 0.5) is 10.6 Å². The summed E-state index contributed by atoms with van der Waals surface area (Å²) in [6, 6.07) is 21.3. The molecule has 7 rings (SSSR count). The Kier molecular flexibility index (Phi) is 19.2. The highest BCUT2D eigenvalue weighted by Gasteiger charge is 2.46. The van der Waals surface area contributed by atoms with Crippen molar-refractivity contribution in [2.24, 2.45) is 5.41 Å². The average Bonchev–Trinajstić information content (AvgIpc) is 4.15. The molecule has 4 heterocycles. The van der Waals surface area contributed by atoms with Gasteiger partial charge in [0, 0.05) is 55.6 Å². The number of ketones is 1. The number of anilines is 1. The van der Waals surface area contributed by atoms with Gasteiger partial charge in [-0.15, -0.1) is 11.3 Å². The molecule has 5 atom stereocenters. The number of carbonyl (C=O) groups excluding carboxylic acids is 6. The van der Waals surface area contributed by atoms with Crippen LogP contribution in [0.2, 0.25) is 0 Å². The molecule has 0 bridgehead atoms. The first-order valence-corrected chi connectivity index (χ1v) is 26.0. The van der Waals surface area contributed by atoms with E-state index in [4.69, 9.17) is 4.74 Å². The number of hydrogen-bond acceptors (Lipinski definition) is 12. The zero-order chi connectivity index (χ0) is 53.5. The molecule has 20 heteroatoms. The Balaban J connectivity index is 0.00000914. The quantitative estimate of drug-likeness (QED) is 0.0343. The predicted molar refractivity (Wildman–Crippen MR) is 294 cm³/mol. The van der Waals surface area contributed by atoms with Crippen LogP contribution >= 0.6 is 24.8 Å². The van der Waals surface area contributed by atoms with Gasteiger partial charge in [0.2, 0.25) is 17.7 Å². The lowest BCUT2D eigenvalue weighted by molar-refractivity contribution is -0.144. The van der Waals surface area contributed by atoms with E-state index in [1.807, 2.05) is 128 Å².